The SMILES string of the molecule is [CH2][C@@H]1CNC[C@@H]1F. The highest BCUT2D eigenvalue weighted by Crippen LogP contribution is 2.09. The Labute approximate surface area is 42.9 Å². The van der Waals surface area contributed by atoms with Crippen LogP contribution in [-0.2, 0) is 0 Å². The number of rotatable bonds is 0. The average molecular weight is 102 g/mol. The van der Waals surface area contributed by atoms with E-state index in [2.05, 4.69) is 12.2 Å². The minimum absolute atomic E-state index is 0.0139. The molecule has 0 unspecified atom stereocenters. The van der Waals surface area contributed by atoms with Gasteiger partial charge in [0.15, 0.2) is 0 Å². The van der Waals surface area contributed by atoms with Gasteiger partial charge in [-0.05, 0) is 6.92 Å². The Morgan fingerprint density at radius 1 is 1.57 bits per heavy atom. The quantitative estimate of drug-likeness (QED) is 0.466. The molecule has 7 heavy (non-hydrogen) atoms. The van der Waals surface area contributed by atoms with E-state index in [1.807, 2.05) is 0 Å². The molecule has 0 saturated carbocycles. The lowest BCUT2D eigenvalue weighted by Crippen LogP contribution is -2.09. The zero-order valence-corrected chi connectivity index (χ0v) is 4.15. The fraction of sp³-hybridized carbons (Fsp3) is 0.800. The van der Waals surface area contributed by atoms with E-state index in [0.717, 1.165) is 6.54 Å². The van der Waals surface area contributed by atoms with Crippen LogP contribution in [0.5, 0.6) is 0 Å². The van der Waals surface area contributed by atoms with Crippen molar-refractivity contribution in [3.63, 3.8) is 0 Å². The standard InChI is InChI=1S/C5H9FN/c1-4-2-7-3-5(4)6/h4-5,7H,1-3H2/t4-,5+/m1/s1. The molecule has 0 aromatic rings. The van der Waals surface area contributed by atoms with Crippen LogP contribution in [0.4, 0.5) is 4.39 Å². The van der Waals surface area contributed by atoms with Gasteiger partial charge in [-0.15, -0.1) is 0 Å². The van der Waals surface area contributed by atoms with Crippen LogP contribution in [-0.4, -0.2) is 19.3 Å². The van der Waals surface area contributed by atoms with E-state index in [1.165, 1.54) is 0 Å². The van der Waals surface area contributed by atoms with Gasteiger partial charge in [0.25, 0.3) is 0 Å². The number of hydrogen-bond donors (Lipinski definition) is 1. The van der Waals surface area contributed by atoms with Gasteiger partial charge in [0.1, 0.15) is 6.17 Å². The van der Waals surface area contributed by atoms with Crippen molar-refractivity contribution >= 4 is 0 Å². The second kappa shape index (κ2) is 1.78. The van der Waals surface area contributed by atoms with E-state index in [0.29, 0.717) is 6.54 Å². The lowest BCUT2D eigenvalue weighted by Gasteiger charge is -1.98. The lowest BCUT2D eigenvalue weighted by atomic mass is 10.1. The zero-order chi connectivity index (χ0) is 5.28. The minimum Gasteiger partial charge on any atom is -0.313 e. The summed E-state index contributed by atoms with van der Waals surface area (Å²) in [6, 6.07) is 0. The van der Waals surface area contributed by atoms with Crippen molar-refractivity contribution in [1.82, 2.24) is 5.32 Å². The van der Waals surface area contributed by atoms with Gasteiger partial charge in [-0.2, -0.15) is 0 Å². The summed E-state index contributed by atoms with van der Waals surface area (Å²) in [5.41, 5.74) is 0. The molecule has 0 aromatic heterocycles. The van der Waals surface area contributed by atoms with Crippen LogP contribution in [0.2, 0.25) is 0 Å². The second-order valence-corrected chi connectivity index (χ2v) is 1.93. The molecule has 0 aromatic carbocycles. The van der Waals surface area contributed by atoms with Crippen LogP contribution in [0.25, 0.3) is 0 Å². The highest BCUT2D eigenvalue weighted by Gasteiger charge is 2.21. The smallest absolute Gasteiger partial charge is 0.116 e. The van der Waals surface area contributed by atoms with Gasteiger partial charge in [-0.1, -0.05) is 0 Å². The summed E-state index contributed by atoms with van der Waals surface area (Å²) >= 11 is 0. The fourth-order valence-corrected chi connectivity index (χ4v) is 0.701. The Hall–Kier alpha value is -0.110. The van der Waals surface area contributed by atoms with Crippen LogP contribution in [0, 0.1) is 12.8 Å². The molecule has 2 atom stereocenters. The highest BCUT2D eigenvalue weighted by molar-refractivity contribution is 4.81. The van der Waals surface area contributed by atoms with Gasteiger partial charge in [0.05, 0.1) is 0 Å². The predicted octanol–water partition coefficient (Wildman–Crippen LogP) is 0.378. The van der Waals surface area contributed by atoms with Crippen molar-refractivity contribution in [3.8, 4) is 0 Å². The molecule has 1 saturated heterocycles. The first-order valence-corrected chi connectivity index (χ1v) is 2.48. The fourth-order valence-electron chi connectivity index (χ4n) is 0.701. The maximum atomic E-state index is 12.2. The summed E-state index contributed by atoms with van der Waals surface area (Å²) in [6.07, 6.45) is -0.708. The summed E-state index contributed by atoms with van der Waals surface area (Å²) in [5.74, 6) is -0.0139. The Kier molecular flexibility index (Phi) is 1.28. The van der Waals surface area contributed by atoms with Gasteiger partial charge in [-0.3, -0.25) is 0 Å². The van der Waals surface area contributed by atoms with E-state index in [1.54, 1.807) is 0 Å². The van der Waals surface area contributed by atoms with Crippen LogP contribution in [0.3, 0.4) is 0 Å². The number of nitrogens with one attached hydrogen (secondary N) is 1. The van der Waals surface area contributed by atoms with Gasteiger partial charge in [-0.25, -0.2) is 4.39 Å². The molecular weight excluding hydrogens is 93.1 g/mol. The summed E-state index contributed by atoms with van der Waals surface area (Å²) < 4.78 is 12.2. The Morgan fingerprint density at radius 3 is 2.43 bits per heavy atom. The summed E-state index contributed by atoms with van der Waals surface area (Å²) in [4.78, 5) is 0. The van der Waals surface area contributed by atoms with Gasteiger partial charge in [0.2, 0.25) is 0 Å². The third kappa shape index (κ3) is 0.911. The highest BCUT2D eigenvalue weighted by atomic mass is 19.1. The topological polar surface area (TPSA) is 12.0 Å². The Morgan fingerprint density at radius 2 is 2.29 bits per heavy atom. The van der Waals surface area contributed by atoms with Crippen molar-refractivity contribution in [2.45, 2.75) is 6.17 Å². The molecule has 1 nitrogen and oxygen atoms in total. The van der Waals surface area contributed by atoms with E-state index >= 15 is 0 Å². The molecule has 1 N–H and O–H groups in total. The Balaban J connectivity index is 2.33. The van der Waals surface area contributed by atoms with Gasteiger partial charge < -0.3 is 5.32 Å². The van der Waals surface area contributed by atoms with E-state index < -0.39 is 6.17 Å². The lowest BCUT2D eigenvalue weighted by molar-refractivity contribution is 0.316. The van der Waals surface area contributed by atoms with Crippen molar-refractivity contribution in [3.05, 3.63) is 6.92 Å². The molecule has 0 spiro atoms. The number of halogens is 1. The van der Waals surface area contributed by atoms with Crippen LogP contribution < -0.4 is 5.32 Å². The molecule has 2 heteroatoms. The summed E-state index contributed by atoms with van der Waals surface area (Å²) in [5, 5.41) is 2.88. The molecule has 1 rings (SSSR count). The van der Waals surface area contributed by atoms with Gasteiger partial charge in [0, 0.05) is 19.0 Å². The molecular formula is C5H9FN. The molecule has 41 valence electrons. The number of hydrogen-bond acceptors (Lipinski definition) is 1. The zero-order valence-electron chi connectivity index (χ0n) is 4.15. The first kappa shape index (κ1) is 5.04. The minimum atomic E-state index is -0.708. The third-order valence-corrected chi connectivity index (χ3v) is 1.26. The van der Waals surface area contributed by atoms with Crippen molar-refractivity contribution in [2.75, 3.05) is 13.1 Å². The maximum absolute atomic E-state index is 12.2. The largest absolute Gasteiger partial charge is 0.313 e. The molecule has 0 aliphatic carbocycles. The average Bonchev–Trinajstić information content (AvgIpc) is 1.91. The number of alkyl halides is 1. The second-order valence-electron chi connectivity index (χ2n) is 1.93. The van der Waals surface area contributed by atoms with Crippen LogP contribution in [0.15, 0.2) is 0 Å². The van der Waals surface area contributed by atoms with Crippen molar-refractivity contribution in [2.24, 2.45) is 5.92 Å². The summed E-state index contributed by atoms with van der Waals surface area (Å²) in [6.45, 7) is 4.81. The molecule has 1 radical (unpaired) electrons. The van der Waals surface area contributed by atoms with Crippen LogP contribution >= 0.6 is 0 Å². The molecule has 1 fully saturated rings. The molecule has 1 heterocycles. The monoisotopic (exact) mass is 102 g/mol. The van der Waals surface area contributed by atoms with E-state index in [-0.39, 0.29) is 5.92 Å². The first-order chi connectivity index (χ1) is 3.30. The molecule has 1 aliphatic rings. The third-order valence-electron chi connectivity index (χ3n) is 1.26. The van der Waals surface area contributed by atoms with E-state index in [9.17, 15) is 4.39 Å². The van der Waals surface area contributed by atoms with Crippen molar-refractivity contribution in [1.29, 1.82) is 0 Å². The molecule has 1 aliphatic heterocycles. The van der Waals surface area contributed by atoms with E-state index in [4.69, 9.17) is 0 Å². The predicted molar refractivity (Wildman–Crippen MR) is 26.6 cm³/mol. The van der Waals surface area contributed by atoms with Gasteiger partial charge >= 0.3 is 0 Å². The van der Waals surface area contributed by atoms with Crippen LogP contribution in [0.1, 0.15) is 0 Å². The first-order valence-electron chi connectivity index (χ1n) is 2.48. The summed E-state index contributed by atoms with van der Waals surface area (Å²) in [7, 11) is 0. The van der Waals surface area contributed by atoms with Crippen molar-refractivity contribution < 1.29 is 4.39 Å². The maximum Gasteiger partial charge on any atom is 0.116 e. The molecule has 0 amide bonds. The molecule has 0 bridgehead atoms. The normalized spacial score (nSPS) is 42.0. The Bertz CT molecular complexity index is 57.1.